The highest BCUT2D eigenvalue weighted by molar-refractivity contribution is 9.10. The molecule has 0 aliphatic rings. The van der Waals surface area contributed by atoms with E-state index >= 15 is 0 Å². The highest BCUT2D eigenvalue weighted by Gasteiger charge is 2.19. The summed E-state index contributed by atoms with van der Waals surface area (Å²) in [6, 6.07) is 2.79. The second kappa shape index (κ2) is 8.41. The van der Waals surface area contributed by atoms with E-state index in [9.17, 15) is 14.0 Å². The molecule has 0 aliphatic carbocycles. The molecule has 21 heavy (non-hydrogen) atoms. The van der Waals surface area contributed by atoms with Crippen LogP contribution in [0, 0.1) is 5.82 Å². The minimum Gasteiger partial charge on any atom is -0.483 e. The quantitative estimate of drug-likeness (QED) is 0.699. The third-order valence-electron chi connectivity index (χ3n) is 2.55. The molecule has 5 nitrogen and oxygen atoms in total. The molecule has 0 saturated carbocycles. The Hall–Kier alpha value is -1.89. The molecule has 1 amide bonds. The van der Waals surface area contributed by atoms with Crippen molar-refractivity contribution in [2.45, 2.75) is 18.9 Å². The molecule has 2 N–H and O–H groups in total. The standard InChI is InChI=1S/C14H15BrFNO4/c1-2-3-4-11(14(19)20)17-13(18)8-21-12-6-5-9(16)7-10(12)15/h2,5-7,11H,1,3-4,8H2,(H,17,18)(H,19,20). The predicted molar refractivity (Wildman–Crippen MR) is 78.6 cm³/mol. The molecule has 0 bridgehead atoms. The van der Waals surface area contributed by atoms with Crippen molar-refractivity contribution in [2.24, 2.45) is 0 Å². The summed E-state index contributed by atoms with van der Waals surface area (Å²) in [6.45, 7) is 3.14. The van der Waals surface area contributed by atoms with Gasteiger partial charge in [-0.1, -0.05) is 6.08 Å². The second-order valence-electron chi connectivity index (χ2n) is 4.19. The Kier molecular flexibility index (Phi) is 6.87. The van der Waals surface area contributed by atoms with Gasteiger partial charge in [-0.05, 0) is 47.0 Å². The van der Waals surface area contributed by atoms with Crippen molar-refractivity contribution < 1.29 is 23.8 Å². The largest absolute Gasteiger partial charge is 0.483 e. The van der Waals surface area contributed by atoms with Crippen LogP contribution in [0.15, 0.2) is 35.3 Å². The number of halogens is 2. The number of allylic oxidation sites excluding steroid dienone is 1. The molecule has 0 heterocycles. The van der Waals surface area contributed by atoms with Gasteiger partial charge in [0.15, 0.2) is 6.61 Å². The van der Waals surface area contributed by atoms with Crippen molar-refractivity contribution in [1.29, 1.82) is 0 Å². The zero-order valence-corrected chi connectivity index (χ0v) is 12.7. The maximum Gasteiger partial charge on any atom is 0.326 e. The molecule has 0 spiro atoms. The zero-order chi connectivity index (χ0) is 15.8. The van der Waals surface area contributed by atoms with Crippen molar-refractivity contribution in [3.63, 3.8) is 0 Å². The van der Waals surface area contributed by atoms with E-state index in [1.54, 1.807) is 6.08 Å². The fourth-order valence-electron chi connectivity index (χ4n) is 1.51. The van der Waals surface area contributed by atoms with Gasteiger partial charge in [-0.3, -0.25) is 4.79 Å². The normalized spacial score (nSPS) is 11.5. The van der Waals surface area contributed by atoms with E-state index in [2.05, 4.69) is 27.8 Å². The lowest BCUT2D eigenvalue weighted by atomic mass is 10.1. The van der Waals surface area contributed by atoms with Crippen LogP contribution in [0.1, 0.15) is 12.8 Å². The SMILES string of the molecule is C=CCCC(NC(=O)COc1ccc(F)cc1Br)C(=O)O. The van der Waals surface area contributed by atoms with E-state index in [0.29, 0.717) is 16.6 Å². The lowest BCUT2D eigenvalue weighted by Crippen LogP contribution is -2.42. The number of amides is 1. The van der Waals surface area contributed by atoms with E-state index in [1.807, 2.05) is 0 Å². The Morgan fingerprint density at radius 2 is 2.24 bits per heavy atom. The van der Waals surface area contributed by atoms with Crippen LogP contribution in [0.3, 0.4) is 0 Å². The van der Waals surface area contributed by atoms with Crippen LogP contribution < -0.4 is 10.1 Å². The molecule has 1 aromatic rings. The monoisotopic (exact) mass is 359 g/mol. The Morgan fingerprint density at radius 3 is 2.81 bits per heavy atom. The third-order valence-corrected chi connectivity index (χ3v) is 3.17. The van der Waals surface area contributed by atoms with Gasteiger partial charge in [0.05, 0.1) is 4.47 Å². The molecule has 1 rings (SSSR count). The summed E-state index contributed by atoms with van der Waals surface area (Å²) in [4.78, 5) is 22.6. The molecule has 0 aromatic heterocycles. The maximum atomic E-state index is 12.9. The van der Waals surface area contributed by atoms with E-state index in [1.165, 1.54) is 18.2 Å². The number of hydrogen-bond donors (Lipinski definition) is 2. The highest BCUT2D eigenvalue weighted by atomic mass is 79.9. The molecular weight excluding hydrogens is 345 g/mol. The van der Waals surface area contributed by atoms with Crippen LogP contribution in [0.4, 0.5) is 4.39 Å². The summed E-state index contributed by atoms with van der Waals surface area (Å²) in [6.07, 6.45) is 2.31. The van der Waals surface area contributed by atoms with Crippen LogP contribution in [-0.4, -0.2) is 29.6 Å². The van der Waals surface area contributed by atoms with Crippen molar-refractivity contribution in [2.75, 3.05) is 6.61 Å². The number of carbonyl (C=O) groups excluding carboxylic acids is 1. The minimum atomic E-state index is -1.12. The average Bonchev–Trinajstić information content (AvgIpc) is 2.42. The first-order valence-corrected chi connectivity index (χ1v) is 6.94. The molecule has 1 atom stereocenters. The number of aliphatic carboxylic acids is 1. The van der Waals surface area contributed by atoms with Gasteiger partial charge in [0.2, 0.25) is 0 Å². The first-order valence-electron chi connectivity index (χ1n) is 6.15. The molecule has 114 valence electrons. The van der Waals surface area contributed by atoms with Crippen molar-refractivity contribution in [1.82, 2.24) is 5.32 Å². The summed E-state index contributed by atoms with van der Waals surface area (Å²) in [7, 11) is 0. The summed E-state index contributed by atoms with van der Waals surface area (Å²) in [5.41, 5.74) is 0. The predicted octanol–water partition coefficient (Wildman–Crippen LogP) is 2.50. The van der Waals surface area contributed by atoms with Gasteiger partial charge in [-0.25, -0.2) is 9.18 Å². The number of hydrogen-bond acceptors (Lipinski definition) is 3. The van der Waals surface area contributed by atoms with Crippen LogP contribution in [0.2, 0.25) is 0 Å². The fourth-order valence-corrected chi connectivity index (χ4v) is 1.98. The van der Waals surface area contributed by atoms with E-state index in [-0.39, 0.29) is 13.0 Å². The van der Waals surface area contributed by atoms with Gasteiger partial charge in [-0.2, -0.15) is 0 Å². The zero-order valence-electron chi connectivity index (χ0n) is 11.1. The maximum absolute atomic E-state index is 12.9. The Balaban J connectivity index is 2.52. The van der Waals surface area contributed by atoms with E-state index in [0.717, 1.165) is 0 Å². The van der Waals surface area contributed by atoms with Gasteiger partial charge >= 0.3 is 5.97 Å². The average molecular weight is 360 g/mol. The van der Waals surface area contributed by atoms with Crippen molar-refractivity contribution >= 4 is 27.8 Å². The van der Waals surface area contributed by atoms with Crippen molar-refractivity contribution in [3.05, 3.63) is 41.1 Å². The summed E-state index contributed by atoms with van der Waals surface area (Å²) in [5.74, 6) is -1.82. The molecule has 1 unspecified atom stereocenters. The first kappa shape index (κ1) is 17.2. The van der Waals surface area contributed by atoms with Gasteiger partial charge in [0.1, 0.15) is 17.6 Å². The van der Waals surface area contributed by atoms with Gasteiger partial charge in [-0.15, -0.1) is 6.58 Å². The van der Waals surface area contributed by atoms with Gasteiger partial charge in [0.25, 0.3) is 5.91 Å². The van der Waals surface area contributed by atoms with Gasteiger partial charge < -0.3 is 15.2 Å². The number of ether oxygens (including phenoxy) is 1. The number of rotatable bonds is 8. The molecule has 7 heteroatoms. The van der Waals surface area contributed by atoms with Crippen LogP contribution in [-0.2, 0) is 9.59 Å². The summed E-state index contributed by atoms with van der Waals surface area (Å²) in [5, 5.41) is 11.3. The van der Waals surface area contributed by atoms with Gasteiger partial charge in [0, 0.05) is 0 Å². The van der Waals surface area contributed by atoms with Crippen molar-refractivity contribution in [3.8, 4) is 5.75 Å². The fraction of sp³-hybridized carbons (Fsp3) is 0.286. The number of benzene rings is 1. The topological polar surface area (TPSA) is 75.6 Å². The van der Waals surface area contributed by atoms with Crippen LogP contribution in [0.25, 0.3) is 0 Å². The lowest BCUT2D eigenvalue weighted by Gasteiger charge is -2.14. The van der Waals surface area contributed by atoms with Crippen LogP contribution in [0.5, 0.6) is 5.75 Å². The number of carboxylic acids is 1. The third kappa shape index (κ3) is 5.95. The smallest absolute Gasteiger partial charge is 0.326 e. The molecule has 0 saturated heterocycles. The Labute approximate surface area is 129 Å². The number of nitrogens with one attached hydrogen (secondary N) is 1. The highest BCUT2D eigenvalue weighted by Crippen LogP contribution is 2.25. The Bertz CT molecular complexity index is 536. The Morgan fingerprint density at radius 1 is 1.52 bits per heavy atom. The molecule has 0 aliphatic heterocycles. The minimum absolute atomic E-state index is 0.255. The van der Waals surface area contributed by atoms with E-state index < -0.39 is 23.7 Å². The molecule has 0 radical (unpaired) electrons. The second-order valence-corrected chi connectivity index (χ2v) is 5.04. The molecule has 1 aromatic carbocycles. The summed E-state index contributed by atoms with van der Waals surface area (Å²) >= 11 is 3.10. The molecular formula is C14H15BrFNO4. The number of carbonyl (C=O) groups is 2. The van der Waals surface area contributed by atoms with E-state index in [4.69, 9.17) is 9.84 Å². The lowest BCUT2D eigenvalue weighted by molar-refractivity contribution is -0.142. The summed E-state index contributed by atoms with van der Waals surface area (Å²) < 4.78 is 18.5. The first-order chi connectivity index (χ1) is 9.93. The molecule has 0 fully saturated rings. The number of carboxylic acid groups (broad SMARTS) is 1. The van der Waals surface area contributed by atoms with Crippen LogP contribution >= 0.6 is 15.9 Å².